The third-order valence-corrected chi connectivity index (χ3v) is 6.36. The van der Waals surface area contributed by atoms with Gasteiger partial charge in [0.2, 0.25) is 5.82 Å². The molecule has 1 heterocycles. The number of piperazine rings is 1. The monoisotopic (exact) mass is 566 g/mol. The molecule has 0 aliphatic carbocycles. The molecule has 0 aromatic heterocycles. The van der Waals surface area contributed by atoms with Gasteiger partial charge >= 0.3 is 0 Å². The van der Waals surface area contributed by atoms with E-state index in [0.29, 0.717) is 17.2 Å². The van der Waals surface area contributed by atoms with E-state index >= 15 is 0 Å². The number of carbonyl (C=O) groups is 1. The van der Waals surface area contributed by atoms with Gasteiger partial charge in [0, 0.05) is 37.6 Å². The van der Waals surface area contributed by atoms with Crippen LogP contribution in [0.4, 0.5) is 39.0 Å². The van der Waals surface area contributed by atoms with Crippen molar-refractivity contribution in [1.29, 1.82) is 0 Å². The molecule has 0 radical (unpaired) electrons. The van der Waals surface area contributed by atoms with E-state index in [1.807, 2.05) is 4.90 Å². The molecule has 0 saturated carbocycles. The van der Waals surface area contributed by atoms with Crippen LogP contribution in [0.15, 0.2) is 42.5 Å². The second-order valence-electron chi connectivity index (χ2n) is 8.39. The Bertz CT molecular complexity index is 1350. The first-order valence-electron chi connectivity index (χ1n) is 11.6. The van der Waals surface area contributed by atoms with Crippen molar-refractivity contribution < 1.29 is 36.2 Å². The Morgan fingerprint density at radius 3 is 1.77 bits per heavy atom. The molecule has 1 amide bonds. The zero-order valence-corrected chi connectivity index (χ0v) is 21.6. The quantitative estimate of drug-likeness (QED) is 0.191. The summed E-state index contributed by atoms with van der Waals surface area (Å²) >= 11 is 5.26. The van der Waals surface area contributed by atoms with Crippen LogP contribution in [0, 0.1) is 29.1 Å². The molecule has 39 heavy (non-hydrogen) atoms. The molecule has 3 aromatic carbocycles. The largest absolute Gasteiger partial charge is 0.496 e. The summed E-state index contributed by atoms with van der Waals surface area (Å²) in [6.45, 7) is 0.644. The number of benzene rings is 3. The predicted molar refractivity (Wildman–Crippen MR) is 140 cm³/mol. The van der Waals surface area contributed by atoms with Crippen molar-refractivity contribution in [2.75, 3.05) is 55.5 Å². The van der Waals surface area contributed by atoms with Gasteiger partial charge in [-0.15, -0.1) is 0 Å². The number of ether oxygens (including phenoxy) is 2. The molecule has 4 rings (SSSR count). The zero-order valence-electron chi connectivity index (χ0n) is 20.8. The molecule has 1 aliphatic heterocycles. The van der Waals surface area contributed by atoms with E-state index < -0.39 is 40.7 Å². The molecule has 7 nitrogen and oxygen atoms in total. The van der Waals surface area contributed by atoms with E-state index in [1.54, 1.807) is 42.5 Å². The van der Waals surface area contributed by atoms with E-state index in [1.165, 1.54) is 14.2 Å². The number of anilines is 3. The van der Waals surface area contributed by atoms with Gasteiger partial charge in [-0.3, -0.25) is 10.1 Å². The lowest BCUT2D eigenvalue weighted by atomic mass is 10.1. The van der Waals surface area contributed by atoms with Gasteiger partial charge in [-0.2, -0.15) is 0 Å². The van der Waals surface area contributed by atoms with Crippen LogP contribution < -0.4 is 29.9 Å². The van der Waals surface area contributed by atoms with Gasteiger partial charge in [-0.1, -0.05) is 6.07 Å². The van der Waals surface area contributed by atoms with Gasteiger partial charge in [-0.05, 0) is 48.6 Å². The number of rotatable bonds is 6. The summed E-state index contributed by atoms with van der Waals surface area (Å²) in [6.07, 6.45) is 0. The summed E-state index contributed by atoms with van der Waals surface area (Å²) in [5.41, 5.74) is 0.612. The molecule has 0 unspecified atom stereocenters. The molecule has 0 spiro atoms. The van der Waals surface area contributed by atoms with Crippen molar-refractivity contribution in [3.8, 4) is 11.5 Å². The first-order chi connectivity index (χ1) is 18.7. The zero-order chi connectivity index (χ0) is 28.3. The molecular weight excluding hydrogens is 543 g/mol. The molecule has 2 N–H and O–H groups in total. The molecule has 0 atom stereocenters. The van der Waals surface area contributed by atoms with Gasteiger partial charge in [0.1, 0.15) is 22.7 Å². The molecule has 13 heteroatoms. The van der Waals surface area contributed by atoms with Crippen LogP contribution in [0.25, 0.3) is 0 Å². The highest BCUT2D eigenvalue weighted by Crippen LogP contribution is 2.32. The maximum Gasteiger partial charge on any atom is 0.264 e. The molecule has 0 bridgehead atoms. The summed E-state index contributed by atoms with van der Waals surface area (Å²) in [6, 6.07) is 11.9. The first kappa shape index (κ1) is 27.9. The number of amides is 1. The van der Waals surface area contributed by atoms with E-state index in [2.05, 4.69) is 10.6 Å². The fraction of sp³-hybridized carbons (Fsp3) is 0.231. The number of halogens is 5. The number of methoxy groups -OCH3 is 2. The van der Waals surface area contributed by atoms with Crippen LogP contribution in [0.2, 0.25) is 0 Å². The van der Waals surface area contributed by atoms with Gasteiger partial charge in [0.25, 0.3) is 5.91 Å². The predicted octanol–water partition coefficient (Wildman–Crippen LogP) is 4.85. The van der Waals surface area contributed by atoms with E-state index in [0.717, 1.165) is 10.6 Å². The van der Waals surface area contributed by atoms with Crippen LogP contribution in [0.3, 0.4) is 0 Å². The van der Waals surface area contributed by atoms with Crippen molar-refractivity contribution in [3.63, 3.8) is 0 Å². The van der Waals surface area contributed by atoms with E-state index in [4.69, 9.17) is 21.7 Å². The highest BCUT2D eigenvalue weighted by Gasteiger charge is 2.30. The fourth-order valence-corrected chi connectivity index (χ4v) is 4.43. The second-order valence-corrected chi connectivity index (χ2v) is 8.79. The molecule has 1 fully saturated rings. The van der Waals surface area contributed by atoms with Crippen molar-refractivity contribution in [2.45, 2.75) is 0 Å². The summed E-state index contributed by atoms with van der Waals surface area (Å²) in [7, 11) is 2.87. The number of carbonyl (C=O) groups excluding carboxylic acids is 1. The van der Waals surface area contributed by atoms with Crippen molar-refractivity contribution in [3.05, 3.63) is 77.1 Å². The van der Waals surface area contributed by atoms with Crippen LogP contribution in [0.5, 0.6) is 11.5 Å². The van der Waals surface area contributed by atoms with E-state index in [-0.39, 0.29) is 36.9 Å². The lowest BCUT2D eigenvalue weighted by molar-refractivity contribution is 0.0971. The van der Waals surface area contributed by atoms with Crippen molar-refractivity contribution >= 4 is 40.3 Å². The van der Waals surface area contributed by atoms with E-state index in [9.17, 15) is 26.7 Å². The Kier molecular flexibility index (Phi) is 8.38. The van der Waals surface area contributed by atoms with Crippen molar-refractivity contribution in [2.24, 2.45) is 0 Å². The summed E-state index contributed by atoms with van der Waals surface area (Å²) in [4.78, 5) is 15.8. The maximum absolute atomic E-state index is 14.2. The third-order valence-electron chi connectivity index (χ3n) is 6.15. The standard InChI is InChI=1S/C26H23F5N4O3S/c1-37-16-4-3-5-17(38-2)18(16)25(36)33-26(39)32-14-6-8-15(9-7-14)34-10-12-35(13-11-34)24-22(30)20(28)19(27)21(29)23(24)31/h3-9H,10-13H2,1-2H3,(H2,32,33,36,39). The van der Waals surface area contributed by atoms with Gasteiger partial charge in [0.05, 0.1) is 14.2 Å². The van der Waals surface area contributed by atoms with Crippen molar-refractivity contribution in [1.82, 2.24) is 5.32 Å². The number of thiocarbonyl (C=S) groups is 1. The SMILES string of the molecule is COc1cccc(OC)c1C(=O)NC(=S)Nc1ccc(N2CCN(c3c(F)c(F)c(F)c(F)c3F)CC2)cc1. The first-order valence-corrected chi connectivity index (χ1v) is 12.0. The van der Waals surface area contributed by atoms with Crippen LogP contribution in [0.1, 0.15) is 10.4 Å². The lowest BCUT2D eigenvalue weighted by Crippen LogP contribution is -2.47. The van der Waals surface area contributed by atoms with Crippen LogP contribution in [-0.2, 0) is 0 Å². The average Bonchev–Trinajstić information content (AvgIpc) is 2.95. The minimum atomic E-state index is -2.18. The molecule has 1 aliphatic rings. The number of nitrogens with zero attached hydrogens (tertiary/aromatic N) is 2. The summed E-state index contributed by atoms with van der Waals surface area (Å²) < 4.78 is 79.4. The Morgan fingerprint density at radius 1 is 0.769 bits per heavy atom. The Labute approximate surface area is 226 Å². The lowest BCUT2D eigenvalue weighted by Gasteiger charge is -2.37. The molecule has 206 valence electrons. The minimum Gasteiger partial charge on any atom is -0.496 e. The maximum atomic E-state index is 14.2. The smallest absolute Gasteiger partial charge is 0.264 e. The minimum absolute atomic E-state index is 0.0390. The Hall–Kier alpha value is -4.13. The average molecular weight is 567 g/mol. The summed E-state index contributed by atoms with van der Waals surface area (Å²) in [5.74, 6) is -9.69. The molecular formula is C26H23F5N4O3S. The molecule has 1 saturated heterocycles. The Morgan fingerprint density at radius 2 is 1.26 bits per heavy atom. The number of hydrogen-bond acceptors (Lipinski definition) is 6. The third kappa shape index (κ3) is 5.67. The second kappa shape index (κ2) is 11.7. The highest BCUT2D eigenvalue weighted by molar-refractivity contribution is 7.80. The molecule has 3 aromatic rings. The fourth-order valence-electron chi connectivity index (χ4n) is 4.22. The summed E-state index contributed by atoms with van der Waals surface area (Å²) in [5, 5.41) is 5.53. The van der Waals surface area contributed by atoms with Crippen LogP contribution in [-0.4, -0.2) is 51.4 Å². The number of nitrogens with one attached hydrogen (secondary N) is 2. The van der Waals surface area contributed by atoms with Gasteiger partial charge in [-0.25, -0.2) is 22.0 Å². The Balaban J connectivity index is 1.37. The normalized spacial score (nSPS) is 13.2. The van der Waals surface area contributed by atoms with Gasteiger partial charge < -0.3 is 24.6 Å². The number of hydrogen-bond donors (Lipinski definition) is 2. The topological polar surface area (TPSA) is 66.1 Å². The van der Waals surface area contributed by atoms with Crippen LogP contribution >= 0.6 is 12.2 Å². The van der Waals surface area contributed by atoms with Gasteiger partial charge in [0.15, 0.2) is 28.4 Å². The highest BCUT2D eigenvalue weighted by atomic mass is 32.1.